The van der Waals surface area contributed by atoms with E-state index < -0.39 is 5.67 Å². The maximum Gasteiger partial charge on any atom is 0.112 e. The van der Waals surface area contributed by atoms with Crippen molar-refractivity contribution in [2.75, 3.05) is 0 Å². The van der Waals surface area contributed by atoms with E-state index >= 15 is 0 Å². The highest BCUT2D eigenvalue weighted by Crippen LogP contribution is 2.71. The molecule has 0 radical (unpaired) electrons. The molecular weight excluding hydrogens is 151 g/mol. The van der Waals surface area contributed by atoms with E-state index in [0.717, 1.165) is 19.3 Å². The molecule has 0 N–H and O–H groups in total. The van der Waals surface area contributed by atoms with Gasteiger partial charge in [0.2, 0.25) is 0 Å². The highest BCUT2D eigenvalue weighted by atomic mass is 19.1. The molecule has 3 fully saturated rings. The van der Waals surface area contributed by atoms with Crippen molar-refractivity contribution < 1.29 is 4.39 Å². The lowest BCUT2D eigenvalue weighted by atomic mass is 9.41. The molecule has 0 unspecified atom stereocenters. The quantitative estimate of drug-likeness (QED) is 0.550. The smallest absolute Gasteiger partial charge is 0.112 e. The van der Waals surface area contributed by atoms with Crippen molar-refractivity contribution in [2.24, 2.45) is 5.41 Å². The normalized spacial score (nSPS) is 43.5. The Balaban J connectivity index is 1.58. The summed E-state index contributed by atoms with van der Waals surface area (Å²) in [5.41, 5.74) is -0.173. The van der Waals surface area contributed by atoms with Gasteiger partial charge in [0.1, 0.15) is 5.67 Å². The van der Waals surface area contributed by atoms with Crippen LogP contribution in [0.25, 0.3) is 0 Å². The zero-order valence-corrected chi connectivity index (χ0v) is 8.03. The number of rotatable bonds is 5. The second-order valence-electron chi connectivity index (χ2n) is 4.99. The molecule has 0 amide bonds. The summed E-state index contributed by atoms with van der Waals surface area (Å²) >= 11 is 0. The molecular formula is C11H19F. The Hall–Kier alpha value is -0.0700. The number of unbranched alkanes of at least 4 members (excludes halogenated alkanes) is 3. The molecule has 70 valence electrons. The summed E-state index contributed by atoms with van der Waals surface area (Å²) in [5.74, 6) is 0. The summed E-state index contributed by atoms with van der Waals surface area (Å²) in [6.07, 6.45) is 9.35. The zero-order chi connectivity index (χ0) is 8.66. The monoisotopic (exact) mass is 170 g/mol. The van der Waals surface area contributed by atoms with Crippen LogP contribution in [0, 0.1) is 5.41 Å². The highest BCUT2D eigenvalue weighted by Gasteiger charge is 2.68. The summed E-state index contributed by atoms with van der Waals surface area (Å²) in [5, 5.41) is 0. The van der Waals surface area contributed by atoms with Gasteiger partial charge in [0.15, 0.2) is 0 Å². The first kappa shape index (κ1) is 8.52. The van der Waals surface area contributed by atoms with Crippen LogP contribution >= 0.6 is 0 Å². The SMILES string of the molecule is CCCCCCC12CC(F)(C1)C2. The molecule has 0 saturated heterocycles. The average Bonchev–Trinajstić information content (AvgIpc) is 1.92. The molecule has 12 heavy (non-hydrogen) atoms. The highest BCUT2D eigenvalue weighted by molar-refractivity contribution is 5.18. The van der Waals surface area contributed by atoms with Crippen LogP contribution < -0.4 is 0 Å². The predicted molar refractivity (Wildman–Crippen MR) is 48.9 cm³/mol. The molecule has 0 aromatic heterocycles. The van der Waals surface area contributed by atoms with E-state index in [-0.39, 0.29) is 0 Å². The van der Waals surface area contributed by atoms with E-state index in [4.69, 9.17) is 0 Å². The fourth-order valence-electron chi connectivity index (χ4n) is 3.05. The van der Waals surface area contributed by atoms with Gasteiger partial charge in [-0.25, -0.2) is 4.39 Å². The number of hydrogen-bond donors (Lipinski definition) is 0. The Kier molecular flexibility index (Phi) is 1.93. The van der Waals surface area contributed by atoms with Gasteiger partial charge in [-0.1, -0.05) is 32.6 Å². The lowest BCUT2D eigenvalue weighted by molar-refractivity contribution is -0.217. The fraction of sp³-hybridized carbons (Fsp3) is 1.00. The first-order valence-corrected chi connectivity index (χ1v) is 5.37. The third-order valence-electron chi connectivity index (χ3n) is 3.64. The van der Waals surface area contributed by atoms with Crippen LogP contribution in [0.15, 0.2) is 0 Å². The van der Waals surface area contributed by atoms with Gasteiger partial charge in [0.25, 0.3) is 0 Å². The van der Waals surface area contributed by atoms with Crippen LogP contribution in [0.1, 0.15) is 58.3 Å². The molecule has 0 atom stereocenters. The third kappa shape index (κ3) is 1.27. The molecule has 3 rings (SSSR count). The molecule has 2 bridgehead atoms. The molecule has 0 aliphatic heterocycles. The van der Waals surface area contributed by atoms with E-state index in [1.807, 2.05) is 0 Å². The van der Waals surface area contributed by atoms with Crippen molar-refractivity contribution >= 4 is 0 Å². The van der Waals surface area contributed by atoms with Gasteiger partial charge >= 0.3 is 0 Å². The predicted octanol–water partition coefficient (Wildman–Crippen LogP) is 3.85. The summed E-state index contributed by atoms with van der Waals surface area (Å²) in [4.78, 5) is 0. The molecule has 0 aromatic rings. The Bertz CT molecular complexity index is 154. The first-order valence-electron chi connectivity index (χ1n) is 5.37. The Morgan fingerprint density at radius 3 is 2.25 bits per heavy atom. The van der Waals surface area contributed by atoms with E-state index in [1.54, 1.807) is 0 Å². The standard InChI is InChI=1S/C11H19F/c1-2-3-4-5-6-10-7-11(12,8-10)9-10/h2-9H2,1H3. The second kappa shape index (κ2) is 2.71. The summed E-state index contributed by atoms with van der Waals surface area (Å²) in [6.45, 7) is 2.23. The maximum atomic E-state index is 13.1. The molecule has 3 aliphatic rings. The molecule has 0 spiro atoms. The molecule has 0 nitrogen and oxygen atoms in total. The van der Waals surface area contributed by atoms with Crippen LogP contribution in [0.5, 0.6) is 0 Å². The molecule has 3 saturated carbocycles. The Labute approximate surface area is 74.5 Å². The summed E-state index contributed by atoms with van der Waals surface area (Å²) in [7, 11) is 0. The Morgan fingerprint density at radius 2 is 1.75 bits per heavy atom. The van der Waals surface area contributed by atoms with Crippen LogP contribution in [-0.2, 0) is 0 Å². The largest absolute Gasteiger partial charge is 0.244 e. The van der Waals surface area contributed by atoms with Gasteiger partial charge in [-0.05, 0) is 31.1 Å². The molecule has 0 aromatic carbocycles. The van der Waals surface area contributed by atoms with E-state index in [2.05, 4.69) is 6.92 Å². The van der Waals surface area contributed by atoms with Crippen molar-refractivity contribution in [3.8, 4) is 0 Å². The Morgan fingerprint density at radius 1 is 1.08 bits per heavy atom. The minimum absolute atomic E-state index is 0.502. The summed E-state index contributed by atoms with van der Waals surface area (Å²) in [6, 6.07) is 0. The van der Waals surface area contributed by atoms with Gasteiger partial charge in [-0.2, -0.15) is 0 Å². The van der Waals surface area contributed by atoms with Crippen LogP contribution in [0.2, 0.25) is 0 Å². The lowest BCUT2D eigenvalue weighted by Gasteiger charge is -2.66. The number of hydrogen-bond acceptors (Lipinski definition) is 0. The molecule has 3 aliphatic carbocycles. The topological polar surface area (TPSA) is 0 Å². The van der Waals surface area contributed by atoms with Crippen LogP contribution in [0.3, 0.4) is 0 Å². The number of halogens is 1. The second-order valence-corrected chi connectivity index (χ2v) is 4.99. The first-order chi connectivity index (χ1) is 5.68. The van der Waals surface area contributed by atoms with Crippen LogP contribution in [0.4, 0.5) is 4.39 Å². The van der Waals surface area contributed by atoms with E-state index in [1.165, 1.54) is 32.1 Å². The van der Waals surface area contributed by atoms with Gasteiger partial charge in [-0.3, -0.25) is 0 Å². The van der Waals surface area contributed by atoms with Gasteiger partial charge in [0, 0.05) is 0 Å². The minimum atomic E-state index is -0.676. The van der Waals surface area contributed by atoms with Gasteiger partial charge < -0.3 is 0 Å². The van der Waals surface area contributed by atoms with E-state index in [9.17, 15) is 4.39 Å². The minimum Gasteiger partial charge on any atom is -0.244 e. The van der Waals surface area contributed by atoms with Crippen molar-refractivity contribution in [3.63, 3.8) is 0 Å². The number of alkyl halides is 1. The average molecular weight is 170 g/mol. The van der Waals surface area contributed by atoms with Crippen molar-refractivity contribution in [2.45, 2.75) is 64.0 Å². The summed E-state index contributed by atoms with van der Waals surface area (Å²) < 4.78 is 13.1. The van der Waals surface area contributed by atoms with Crippen molar-refractivity contribution in [1.82, 2.24) is 0 Å². The molecule has 0 heterocycles. The van der Waals surface area contributed by atoms with Gasteiger partial charge in [0.05, 0.1) is 0 Å². The molecule has 1 heteroatoms. The van der Waals surface area contributed by atoms with Crippen LogP contribution in [-0.4, -0.2) is 5.67 Å². The fourth-order valence-corrected chi connectivity index (χ4v) is 3.05. The zero-order valence-electron chi connectivity index (χ0n) is 8.03. The van der Waals surface area contributed by atoms with E-state index in [0.29, 0.717) is 5.41 Å². The third-order valence-corrected chi connectivity index (χ3v) is 3.64. The van der Waals surface area contributed by atoms with Crippen molar-refractivity contribution in [3.05, 3.63) is 0 Å². The maximum absolute atomic E-state index is 13.1. The lowest BCUT2D eigenvalue weighted by Crippen LogP contribution is -2.64. The van der Waals surface area contributed by atoms with Gasteiger partial charge in [-0.15, -0.1) is 0 Å². The van der Waals surface area contributed by atoms with Crippen molar-refractivity contribution in [1.29, 1.82) is 0 Å².